The van der Waals surface area contributed by atoms with Crippen LogP contribution in [-0.2, 0) is 14.0 Å². The van der Waals surface area contributed by atoms with Crippen LogP contribution >= 0.6 is 15.0 Å². The van der Waals surface area contributed by atoms with Crippen LogP contribution in [0.5, 0.6) is 0 Å². The molecule has 0 radical (unpaired) electrons. The van der Waals surface area contributed by atoms with Gasteiger partial charge in [-0.25, -0.2) is 0 Å². The average Bonchev–Trinajstić information content (AvgIpc) is 2.76. The molecule has 0 bridgehead atoms. The van der Waals surface area contributed by atoms with Crippen LogP contribution in [0.3, 0.4) is 0 Å². The summed E-state index contributed by atoms with van der Waals surface area (Å²) in [7, 11) is 8.28. The van der Waals surface area contributed by atoms with E-state index >= 15 is 0 Å². The third-order valence-electron chi connectivity index (χ3n) is 8.90. The first-order valence-electron chi connectivity index (χ1n) is 13.3. The minimum atomic E-state index is -2.12. The Kier molecular flexibility index (Phi) is 9.06. The maximum absolute atomic E-state index is 8.28. The topological polar surface area (TPSA) is 0 Å². The first kappa shape index (κ1) is 24.0. The van der Waals surface area contributed by atoms with E-state index in [0.29, 0.717) is 0 Å². The van der Waals surface area contributed by atoms with E-state index in [0.717, 1.165) is 17.0 Å². The number of rotatable bonds is 5. The summed E-state index contributed by atoms with van der Waals surface area (Å²) >= 11 is -2.12. The van der Waals surface area contributed by atoms with E-state index in [1.54, 1.807) is 38.5 Å². The molecule has 0 aromatic heterocycles. The zero-order valence-corrected chi connectivity index (χ0v) is 22.9. The summed E-state index contributed by atoms with van der Waals surface area (Å²) in [6.07, 6.45) is 35.4. The fourth-order valence-corrected chi connectivity index (χ4v) is 41.0. The summed E-state index contributed by atoms with van der Waals surface area (Å²) in [6, 6.07) is 0. The van der Waals surface area contributed by atoms with Gasteiger partial charge in [0.1, 0.15) is 0 Å². The van der Waals surface area contributed by atoms with Gasteiger partial charge >= 0.3 is 196 Å². The molecular formula is C27H48ClPPd. The fraction of sp³-hybridized carbons (Fsp3) is 0.852. The molecule has 0 heterocycles. The van der Waals surface area contributed by atoms with E-state index < -0.39 is 19.5 Å². The third-order valence-corrected chi connectivity index (χ3v) is 36.9. The quantitative estimate of drug-likeness (QED) is 0.183. The van der Waals surface area contributed by atoms with Gasteiger partial charge in [0.25, 0.3) is 0 Å². The molecule has 0 aromatic carbocycles. The Hall–Kier alpha value is 0.862. The summed E-state index contributed by atoms with van der Waals surface area (Å²) in [5, 5.41) is 2.73. The molecule has 30 heavy (non-hydrogen) atoms. The number of halogens is 1. The van der Waals surface area contributed by atoms with Crippen LogP contribution in [-0.4, -0.2) is 17.0 Å². The molecule has 0 aliphatic heterocycles. The van der Waals surface area contributed by atoms with Gasteiger partial charge in [-0.05, 0) is 0 Å². The van der Waals surface area contributed by atoms with Gasteiger partial charge in [0.15, 0.2) is 0 Å². The third kappa shape index (κ3) is 4.87. The Morgan fingerprint density at radius 3 is 1.57 bits per heavy atom. The van der Waals surface area contributed by atoms with Crippen LogP contribution in [0.2, 0.25) is 5.40 Å². The Morgan fingerprint density at radius 2 is 1.10 bits per heavy atom. The van der Waals surface area contributed by atoms with Crippen LogP contribution < -0.4 is 0 Å². The number of hydrogen-bond donors (Lipinski definition) is 0. The van der Waals surface area contributed by atoms with Crippen molar-refractivity contribution in [2.75, 3.05) is 0 Å². The van der Waals surface area contributed by atoms with E-state index in [-0.39, 0.29) is 0 Å². The molecular weight excluding hydrogens is 497 g/mol. The molecule has 1 atom stereocenters. The molecule has 0 N–H and O–H groups in total. The molecule has 0 aromatic rings. The zero-order valence-electron chi connectivity index (χ0n) is 19.6. The molecule has 3 saturated carbocycles. The van der Waals surface area contributed by atoms with E-state index in [4.69, 9.17) is 9.53 Å². The van der Waals surface area contributed by atoms with E-state index in [1.807, 2.05) is 4.05 Å². The van der Waals surface area contributed by atoms with Crippen molar-refractivity contribution >= 4 is 15.0 Å². The molecule has 0 saturated heterocycles. The molecule has 4 aliphatic carbocycles. The monoisotopic (exact) mass is 544 g/mol. The predicted octanol–water partition coefficient (Wildman–Crippen LogP) is 10.0. The van der Waals surface area contributed by atoms with Crippen LogP contribution in [0.15, 0.2) is 22.3 Å². The van der Waals surface area contributed by atoms with Gasteiger partial charge in [0.2, 0.25) is 0 Å². The standard InChI is InChI=1S/C18H33P.C8H11.CH3.ClH.Pd/c1-4-10-16(11-5-1)19(17-12-6-2-7-13-17)18-14-8-3-9-15-18;1-2-4-6-8-7-5-3-1;;;/h16-18H,1-15H2;1-2,7H,3-6H2;1H3;1H;. The van der Waals surface area contributed by atoms with Crippen LogP contribution in [0.4, 0.5) is 0 Å². The SMILES string of the molecule is [CH3][Pd]([Cl])([C]1=CCCC=CCC1)[PH](C1CCCCC1)(C1CCCCC1)C1CCCCC1. The van der Waals surface area contributed by atoms with Crippen molar-refractivity contribution < 1.29 is 14.0 Å². The summed E-state index contributed by atoms with van der Waals surface area (Å²) < 4.78 is 1.83. The summed E-state index contributed by atoms with van der Waals surface area (Å²) in [4.78, 5) is 0. The number of hydrogen-bond acceptors (Lipinski definition) is 0. The van der Waals surface area contributed by atoms with Gasteiger partial charge in [0, 0.05) is 0 Å². The van der Waals surface area contributed by atoms with Gasteiger partial charge in [-0.3, -0.25) is 0 Å². The van der Waals surface area contributed by atoms with Crippen molar-refractivity contribution in [1.82, 2.24) is 0 Å². The number of allylic oxidation sites excluding steroid dienone is 4. The first-order chi connectivity index (χ1) is 14.7. The van der Waals surface area contributed by atoms with Gasteiger partial charge in [-0.1, -0.05) is 0 Å². The zero-order chi connectivity index (χ0) is 20.9. The molecule has 3 fully saturated rings. The average molecular weight is 546 g/mol. The summed E-state index contributed by atoms with van der Waals surface area (Å²) in [6.45, 7) is 0. The molecule has 178 valence electrons. The second-order valence-corrected chi connectivity index (χ2v) is 30.5. The van der Waals surface area contributed by atoms with E-state index in [1.165, 1.54) is 83.5 Å². The second-order valence-electron chi connectivity index (χ2n) is 10.6. The first-order valence-corrected chi connectivity index (χ1v) is 22.0. The maximum atomic E-state index is 8.28. The molecule has 0 nitrogen and oxygen atoms in total. The van der Waals surface area contributed by atoms with Crippen molar-refractivity contribution in [2.24, 2.45) is 0 Å². The van der Waals surface area contributed by atoms with Crippen LogP contribution in [0, 0.1) is 0 Å². The Morgan fingerprint density at radius 1 is 0.667 bits per heavy atom. The van der Waals surface area contributed by atoms with Crippen molar-refractivity contribution in [3.05, 3.63) is 22.3 Å². The van der Waals surface area contributed by atoms with Crippen LogP contribution in [0.1, 0.15) is 122 Å². The van der Waals surface area contributed by atoms with E-state index in [9.17, 15) is 0 Å². The van der Waals surface area contributed by atoms with Crippen LogP contribution in [0.25, 0.3) is 0 Å². The van der Waals surface area contributed by atoms with Gasteiger partial charge in [-0.2, -0.15) is 0 Å². The molecule has 4 aliphatic rings. The van der Waals surface area contributed by atoms with Crippen molar-refractivity contribution in [2.45, 2.75) is 144 Å². The Labute approximate surface area is 194 Å². The normalized spacial score (nSPS) is 30.0. The minimum absolute atomic E-state index is 1.05. The van der Waals surface area contributed by atoms with Gasteiger partial charge in [0.05, 0.1) is 0 Å². The summed E-state index contributed by atoms with van der Waals surface area (Å²) in [5.41, 5.74) is 1.54. The van der Waals surface area contributed by atoms with Crippen molar-refractivity contribution in [3.8, 4) is 0 Å². The fourth-order valence-electron chi connectivity index (χ4n) is 7.63. The van der Waals surface area contributed by atoms with Gasteiger partial charge in [-0.15, -0.1) is 0 Å². The molecule has 0 amide bonds. The van der Waals surface area contributed by atoms with E-state index in [2.05, 4.69) is 23.6 Å². The molecule has 0 spiro atoms. The Bertz CT molecular complexity index is 546. The van der Waals surface area contributed by atoms with Gasteiger partial charge < -0.3 is 0 Å². The predicted molar refractivity (Wildman–Crippen MR) is 136 cm³/mol. The van der Waals surface area contributed by atoms with Crippen molar-refractivity contribution in [3.63, 3.8) is 0 Å². The molecule has 4 rings (SSSR count). The Balaban J connectivity index is 1.80. The summed E-state index contributed by atoms with van der Waals surface area (Å²) in [5.74, 6) is 0. The van der Waals surface area contributed by atoms with Crippen molar-refractivity contribution in [1.29, 1.82) is 0 Å². The molecule has 1 unspecified atom stereocenters. The second kappa shape index (κ2) is 11.3. The molecule has 3 heteroatoms.